The van der Waals surface area contributed by atoms with Gasteiger partial charge in [0, 0.05) is 13.3 Å². The Labute approximate surface area is 112 Å². The first-order chi connectivity index (χ1) is 8.31. The lowest BCUT2D eigenvalue weighted by molar-refractivity contribution is -0.147. The molecule has 0 aromatic heterocycles. The van der Waals surface area contributed by atoms with Crippen LogP contribution in [0.25, 0.3) is 0 Å². The average Bonchev–Trinajstić information content (AvgIpc) is 2.13. The van der Waals surface area contributed by atoms with E-state index in [9.17, 15) is 4.79 Å². The summed E-state index contributed by atoms with van der Waals surface area (Å²) in [5, 5.41) is 0. The molecule has 0 aliphatic rings. The maximum absolute atomic E-state index is 11.1. The highest BCUT2D eigenvalue weighted by atomic mass is 16.5. The summed E-state index contributed by atoms with van der Waals surface area (Å²) in [6, 6.07) is 0. The molecule has 0 rings (SSSR count). The summed E-state index contributed by atoms with van der Waals surface area (Å²) in [6.07, 6.45) is 6.18. The van der Waals surface area contributed by atoms with Gasteiger partial charge >= 0.3 is 5.97 Å². The van der Waals surface area contributed by atoms with E-state index in [1.54, 1.807) is 0 Å². The maximum atomic E-state index is 11.1. The van der Waals surface area contributed by atoms with E-state index in [1.165, 1.54) is 12.5 Å². The Morgan fingerprint density at radius 2 is 1.89 bits per heavy atom. The Morgan fingerprint density at radius 3 is 2.33 bits per heavy atom. The van der Waals surface area contributed by atoms with Crippen LogP contribution < -0.4 is 0 Å². The van der Waals surface area contributed by atoms with Crippen molar-refractivity contribution in [2.45, 2.75) is 66.4 Å². The second-order valence-electron chi connectivity index (χ2n) is 5.59. The molecular formula is C16H28O2. The molecule has 2 nitrogen and oxygen atoms in total. The van der Waals surface area contributed by atoms with Gasteiger partial charge in [0.15, 0.2) is 0 Å². The van der Waals surface area contributed by atoms with Crippen LogP contribution in [-0.4, -0.2) is 12.1 Å². The van der Waals surface area contributed by atoms with Gasteiger partial charge < -0.3 is 4.74 Å². The van der Waals surface area contributed by atoms with Crippen molar-refractivity contribution in [3.8, 4) is 0 Å². The normalized spacial score (nSPS) is 13.6. The van der Waals surface area contributed by atoms with Gasteiger partial charge in [0.1, 0.15) is 6.10 Å². The van der Waals surface area contributed by atoms with Gasteiger partial charge in [-0.3, -0.25) is 4.79 Å². The van der Waals surface area contributed by atoms with Crippen molar-refractivity contribution in [3.05, 3.63) is 23.8 Å². The molecule has 0 aromatic rings. The predicted molar refractivity (Wildman–Crippen MR) is 77.4 cm³/mol. The van der Waals surface area contributed by atoms with E-state index in [0.29, 0.717) is 5.92 Å². The third-order valence-corrected chi connectivity index (χ3v) is 2.79. The second-order valence-corrected chi connectivity index (χ2v) is 5.59. The third-order valence-electron chi connectivity index (χ3n) is 2.79. The van der Waals surface area contributed by atoms with E-state index in [2.05, 4.69) is 33.4 Å². The molecular weight excluding hydrogens is 224 g/mol. The molecule has 104 valence electrons. The molecule has 0 aliphatic carbocycles. The quantitative estimate of drug-likeness (QED) is 0.464. The largest absolute Gasteiger partial charge is 0.462 e. The van der Waals surface area contributed by atoms with Gasteiger partial charge in [-0.25, -0.2) is 0 Å². The fourth-order valence-corrected chi connectivity index (χ4v) is 2.02. The Kier molecular flexibility index (Phi) is 8.43. The van der Waals surface area contributed by atoms with Crippen LogP contribution in [0, 0.1) is 5.92 Å². The monoisotopic (exact) mass is 252 g/mol. The Bertz CT molecular complexity index is 282. The van der Waals surface area contributed by atoms with Gasteiger partial charge in [0.05, 0.1) is 0 Å². The molecule has 0 amide bonds. The van der Waals surface area contributed by atoms with Crippen molar-refractivity contribution >= 4 is 5.97 Å². The van der Waals surface area contributed by atoms with E-state index < -0.39 is 0 Å². The van der Waals surface area contributed by atoms with Crippen molar-refractivity contribution in [2.24, 2.45) is 5.92 Å². The molecule has 0 aromatic carbocycles. The Hall–Kier alpha value is -1.05. The second kappa shape index (κ2) is 8.96. The molecule has 0 fully saturated rings. The van der Waals surface area contributed by atoms with Gasteiger partial charge in [0.25, 0.3) is 0 Å². The standard InChI is InChI=1S/C16H28O2/c1-12(2)8-7-9-14(5)11-16(10-13(3)4)18-15(6)17/h8,14,16H,3,7,9-11H2,1-2,4-6H3. The van der Waals surface area contributed by atoms with Crippen LogP contribution in [0.4, 0.5) is 0 Å². The SMILES string of the molecule is C=C(C)CC(CC(C)CCC=C(C)C)OC(C)=O. The van der Waals surface area contributed by atoms with Crippen molar-refractivity contribution < 1.29 is 9.53 Å². The van der Waals surface area contributed by atoms with Crippen LogP contribution in [0.1, 0.15) is 60.3 Å². The van der Waals surface area contributed by atoms with E-state index in [1.807, 2.05) is 6.92 Å². The predicted octanol–water partition coefficient (Wildman–Crippen LogP) is 4.66. The lowest BCUT2D eigenvalue weighted by Crippen LogP contribution is -2.19. The minimum absolute atomic E-state index is 0.0123. The lowest BCUT2D eigenvalue weighted by Gasteiger charge is -2.20. The molecule has 18 heavy (non-hydrogen) atoms. The first-order valence-electron chi connectivity index (χ1n) is 6.76. The van der Waals surface area contributed by atoms with Gasteiger partial charge in [-0.1, -0.05) is 24.1 Å². The number of ether oxygens (including phenoxy) is 1. The van der Waals surface area contributed by atoms with E-state index in [4.69, 9.17) is 4.74 Å². The molecule has 0 N–H and O–H groups in total. The zero-order chi connectivity index (χ0) is 14.1. The summed E-state index contributed by atoms with van der Waals surface area (Å²) >= 11 is 0. The van der Waals surface area contributed by atoms with Crippen LogP contribution >= 0.6 is 0 Å². The Morgan fingerprint density at radius 1 is 1.28 bits per heavy atom. The number of allylic oxidation sites excluding steroid dienone is 2. The van der Waals surface area contributed by atoms with Crippen LogP contribution in [0.15, 0.2) is 23.8 Å². The highest BCUT2D eigenvalue weighted by Crippen LogP contribution is 2.20. The number of carbonyl (C=O) groups excluding carboxylic acids is 1. The average molecular weight is 252 g/mol. The molecule has 2 unspecified atom stereocenters. The first-order valence-corrected chi connectivity index (χ1v) is 6.76. The molecule has 0 aliphatic heterocycles. The van der Waals surface area contributed by atoms with Gasteiger partial charge in [0.2, 0.25) is 0 Å². The maximum Gasteiger partial charge on any atom is 0.302 e. The fraction of sp³-hybridized carbons (Fsp3) is 0.688. The first kappa shape index (κ1) is 16.9. The van der Waals surface area contributed by atoms with Crippen molar-refractivity contribution in [1.82, 2.24) is 0 Å². The van der Waals surface area contributed by atoms with Gasteiger partial charge in [-0.05, 0) is 46.0 Å². The van der Waals surface area contributed by atoms with Crippen molar-refractivity contribution in [3.63, 3.8) is 0 Å². The topological polar surface area (TPSA) is 26.3 Å². The van der Waals surface area contributed by atoms with E-state index >= 15 is 0 Å². The molecule has 0 heterocycles. The Balaban J connectivity index is 4.16. The lowest BCUT2D eigenvalue weighted by atomic mass is 9.95. The number of esters is 1. The summed E-state index contributed by atoms with van der Waals surface area (Å²) in [6.45, 7) is 13.8. The van der Waals surface area contributed by atoms with E-state index in [0.717, 1.165) is 31.3 Å². The number of hydrogen-bond donors (Lipinski definition) is 0. The van der Waals surface area contributed by atoms with Crippen LogP contribution in [0.2, 0.25) is 0 Å². The minimum Gasteiger partial charge on any atom is -0.462 e. The summed E-state index contributed by atoms with van der Waals surface area (Å²) < 4.78 is 5.34. The smallest absolute Gasteiger partial charge is 0.302 e. The molecule has 0 spiro atoms. The summed E-state index contributed by atoms with van der Waals surface area (Å²) in [7, 11) is 0. The zero-order valence-electron chi connectivity index (χ0n) is 12.6. The van der Waals surface area contributed by atoms with E-state index in [-0.39, 0.29) is 12.1 Å². The summed E-state index contributed by atoms with van der Waals surface area (Å²) in [4.78, 5) is 11.1. The van der Waals surface area contributed by atoms with Crippen LogP contribution in [0.5, 0.6) is 0 Å². The molecule has 0 saturated carbocycles. The molecule has 0 bridgehead atoms. The third kappa shape index (κ3) is 10.1. The highest BCUT2D eigenvalue weighted by Gasteiger charge is 2.15. The van der Waals surface area contributed by atoms with Crippen LogP contribution in [0.3, 0.4) is 0 Å². The number of carbonyl (C=O) groups is 1. The molecule has 0 radical (unpaired) electrons. The number of hydrogen-bond acceptors (Lipinski definition) is 2. The van der Waals surface area contributed by atoms with Crippen molar-refractivity contribution in [2.75, 3.05) is 0 Å². The highest BCUT2D eigenvalue weighted by molar-refractivity contribution is 5.66. The van der Waals surface area contributed by atoms with Gasteiger partial charge in [-0.15, -0.1) is 6.58 Å². The summed E-state index contributed by atoms with van der Waals surface area (Å²) in [5.74, 6) is 0.363. The molecule has 2 atom stereocenters. The molecule has 0 saturated heterocycles. The van der Waals surface area contributed by atoms with Gasteiger partial charge in [-0.2, -0.15) is 0 Å². The minimum atomic E-state index is -0.197. The molecule has 2 heteroatoms. The fourth-order valence-electron chi connectivity index (χ4n) is 2.02. The van der Waals surface area contributed by atoms with Crippen molar-refractivity contribution in [1.29, 1.82) is 0 Å². The van der Waals surface area contributed by atoms with Crippen LogP contribution in [-0.2, 0) is 9.53 Å². The zero-order valence-corrected chi connectivity index (χ0v) is 12.6. The number of rotatable bonds is 8. The summed E-state index contributed by atoms with van der Waals surface area (Å²) in [5.41, 5.74) is 2.43.